The first-order valence-electron chi connectivity index (χ1n) is 3.99. The number of hydrogen-bond acceptors (Lipinski definition) is 2. The van der Waals surface area contributed by atoms with Crippen LogP contribution in [0.4, 0.5) is 0 Å². The molecule has 0 spiro atoms. The summed E-state index contributed by atoms with van der Waals surface area (Å²) in [7, 11) is 0. The fourth-order valence-electron chi connectivity index (χ4n) is 1.04. The molecule has 12 heavy (non-hydrogen) atoms. The monoisotopic (exact) mass is 163 g/mol. The van der Waals surface area contributed by atoms with Crippen LogP contribution in [0.25, 0.3) is 0 Å². The van der Waals surface area contributed by atoms with Gasteiger partial charge in [0.05, 0.1) is 18.3 Å². The predicted octanol–water partition coefficient (Wildman–Crippen LogP) is 1.95. The second kappa shape index (κ2) is 3.99. The van der Waals surface area contributed by atoms with E-state index in [-0.39, 0.29) is 12.1 Å². The Balaban J connectivity index is 2.51. The standard InChI is InChI=1S/C10H13NO/c1-4-8(2)11-9(3)10-6-5-7-12-10/h1,5-9,11H,2-3H3. The molecule has 0 aliphatic rings. The molecule has 0 bridgehead atoms. The summed E-state index contributed by atoms with van der Waals surface area (Å²) in [5.41, 5.74) is 0. The van der Waals surface area contributed by atoms with E-state index in [2.05, 4.69) is 11.2 Å². The van der Waals surface area contributed by atoms with Gasteiger partial charge in [-0.25, -0.2) is 0 Å². The lowest BCUT2D eigenvalue weighted by atomic mass is 10.2. The van der Waals surface area contributed by atoms with Gasteiger partial charge in [0.2, 0.25) is 0 Å². The highest BCUT2D eigenvalue weighted by Crippen LogP contribution is 2.12. The number of furan rings is 1. The minimum absolute atomic E-state index is 0.0742. The molecule has 2 unspecified atom stereocenters. The molecule has 0 saturated heterocycles. The van der Waals surface area contributed by atoms with E-state index in [1.165, 1.54) is 0 Å². The Morgan fingerprint density at radius 3 is 2.83 bits per heavy atom. The van der Waals surface area contributed by atoms with E-state index >= 15 is 0 Å². The normalized spacial score (nSPS) is 15.1. The van der Waals surface area contributed by atoms with E-state index in [9.17, 15) is 0 Å². The third kappa shape index (κ3) is 2.14. The van der Waals surface area contributed by atoms with Gasteiger partial charge in [0.15, 0.2) is 0 Å². The van der Waals surface area contributed by atoms with Crippen LogP contribution < -0.4 is 5.32 Å². The van der Waals surface area contributed by atoms with Gasteiger partial charge in [0.25, 0.3) is 0 Å². The molecule has 0 fully saturated rings. The van der Waals surface area contributed by atoms with Gasteiger partial charge in [-0.1, -0.05) is 5.92 Å². The fraction of sp³-hybridized carbons (Fsp3) is 0.400. The van der Waals surface area contributed by atoms with Gasteiger partial charge in [-0.15, -0.1) is 6.42 Å². The summed E-state index contributed by atoms with van der Waals surface area (Å²) in [5.74, 6) is 3.52. The molecule has 1 N–H and O–H groups in total. The fourth-order valence-corrected chi connectivity index (χ4v) is 1.04. The zero-order chi connectivity index (χ0) is 8.97. The maximum atomic E-state index is 5.23. The largest absolute Gasteiger partial charge is 0.468 e. The molecule has 0 aromatic carbocycles. The summed E-state index contributed by atoms with van der Waals surface area (Å²) < 4.78 is 5.21. The van der Waals surface area contributed by atoms with E-state index in [1.54, 1.807) is 6.26 Å². The molecule has 1 heterocycles. The summed E-state index contributed by atoms with van der Waals surface area (Å²) in [4.78, 5) is 0. The molecule has 2 heteroatoms. The average Bonchev–Trinajstić information content (AvgIpc) is 2.56. The Kier molecular flexibility index (Phi) is 2.95. The van der Waals surface area contributed by atoms with Crippen LogP contribution in [0.5, 0.6) is 0 Å². The van der Waals surface area contributed by atoms with Crippen molar-refractivity contribution < 1.29 is 4.42 Å². The van der Waals surface area contributed by atoms with E-state index in [0.29, 0.717) is 0 Å². The van der Waals surface area contributed by atoms with Crippen molar-refractivity contribution in [1.29, 1.82) is 0 Å². The van der Waals surface area contributed by atoms with Crippen LogP contribution in [0.15, 0.2) is 22.8 Å². The van der Waals surface area contributed by atoms with Crippen molar-refractivity contribution in [2.75, 3.05) is 0 Å². The lowest BCUT2D eigenvalue weighted by Crippen LogP contribution is -2.27. The molecule has 1 rings (SSSR count). The first kappa shape index (κ1) is 8.89. The third-order valence-corrected chi connectivity index (χ3v) is 1.72. The Labute approximate surface area is 73.0 Å². The third-order valence-electron chi connectivity index (χ3n) is 1.72. The smallest absolute Gasteiger partial charge is 0.120 e. The first-order valence-corrected chi connectivity index (χ1v) is 3.99. The second-order valence-corrected chi connectivity index (χ2v) is 2.79. The molecule has 0 radical (unpaired) electrons. The van der Waals surface area contributed by atoms with Crippen LogP contribution in [0, 0.1) is 12.3 Å². The summed E-state index contributed by atoms with van der Waals surface area (Å²) in [6.45, 7) is 3.96. The van der Waals surface area contributed by atoms with Gasteiger partial charge in [0.1, 0.15) is 5.76 Å². The maximum absolute atomic E-state index is 5.23. The van der Waals surface area contributed by atoms with Crippen molar-refractivity contribution in [2.45, 2.75) is 25.9 Å². The first-order chi connectivity index (χ1) is 5.74. The second-order valence-electron chi connectivity index (χ2n) is 2.79. The van der Waals surface area contributed by atoms with Gasteiger partial charge in [-0.2, -0.15) is 0 Å². The summed E-state index contributed by atoms with van der Waals surface area (Å²) in [6, 6.07) is 4.05. The molecule has 2 atom stereocenters. The summed E-state index contributed by atoms with van der Waals surface area (Å²) in [6.07, 6.45) is 6.89. The van der Waals surface area contributed by atoms with Crippen LogP contribution in [0.2, 0.25) is 0 Å². The Bertz CT molecular complexity index is 258. The lowest BCUT2D eigenvalue weighted by molar-refractivity contribution is 0.422. The van der Waals surface area contributed by atoms with E-state index in [4.69, 9.17) is 10.8 Å². The van der Waals surface area contributed by atoms with Crippen LogP contribution >= 0.6 is 0 Å². The lowest BCUT2D eigenvalue weighted by Gasteiger charge is -2.13. The van der Waals surface area contributed by atoms with Crippen molar-refractivity contribution in [2.24, 2.45) is 0 Å². The zero-order valence-electron chi connectivity index (χ0n) is 7.37. The van der Waals surface area contributed by atoms with E-state index in [1.807, 2.05) is 26.0 Å². The van der Waals surface area contributed by atoms with Crippen LogP contribution in [-0.2, 0) is 0 Å². The SMILES string of the molecule is C#CC(C)NC(C)c1ccco1. The van der Waals surface area contributed by atoms with Crippen molar-refractivity contribution >= 4 is 0 Å². The molecule has 0 saturated carbocycles. The average molecular weight is 163 g/mol. The van der Waals surface area contributed by atoms with E-state index < -0.39 is 0 Å². The van der Waals surface area contributed by atoms with Crippen molar-refractivity contribution in [1.82, 2.24) is 5.32 Å². The number of terminal acetylenes is 1. The van der Waals surface area contributed by atoms with Gasteiger partial charge in [0, 0.05) is 0 Å². The molecule has 0 aliphatic carbocycles. The molecule has 1 aromatic heterocycles. The molecule has 2 nitrogen and oxygen atoms in total. The topological polar surface area (TPSA) is 25.2 Å². The van der Waals surface area contributed by atoms with E-state index in [0.717, 1.165) is 5.76 Å². The Morgan fingerprint density at radius 1 is 1.58 bits per heavy atom. The minimum atomic E-state index is 0.0742. The van der Waals surface area contributed by atoms with Crippen LogP contribution in [-0.4, -0.2) is 6.04 Å². The molecule has 0 amide bonds. The van der Waals surface area contributed by atoms with Crippen LogP contribution in [0.3, 0.4) is 0 Å². The summed E-state index contributed by atoms with van der Waals surface area (Å²) >= 11 is 0. The number of hydrogen-bond donors (Lipinski definition) is 1. The number of rotatable bonds is 3. The molecule has 64 valence electrons. The molecule has 0 aliphatic heterocycles. The molecule has 1 aromatic rings. The maximum Gasteiger partial charge on any atom is 0.120 e. The van der Waals surface area contributed by atoms with Gasteiger partial charge in [-0.3, -0.25) is 5.32 Å². The van der Waals surface area contributed by atoms with Crippen molar-refractivity contribution in [3.8, 4) is 12.3 Å². The highest BCUT2D eigenvalue weighted by Gasteiger charge is 2.08. The van der Waals surface area contributed by atoms with Gasteiger partial charge in [-0.05, 0) is 26.0 Å². The van der Waals surface area contributed by atoms with Crippen LogP contribution in [0.1, 0.15) is 25.6 Å². The van der Waals surface area contributed by atoms with Crippen molar-refractivity contribution in [3.63, 3.8) is 0 Å². The quantitative estimate of drug-likeness (QED) is 0.689. The van der Waals surface area contributed by atoms with Crippen molar-refractivity contribution in [3.05, 3.63) is 24.2 Å². The Morgan fingerprint density at radius 2 is 2.33 bits per heavy atom. The van der Waals surface area contributed by atoms with Gasteiger partial charge >= 0.3 is 0 Å². The number of nitrogens with one attached hydrogen (secondary N) is 1. The Hall–Kier alpha value is -1.20. The molecular weight excluding hydrogens is 150 g/mol. The zero-order valence-corrected chi connectivity index (χ0v) is 7.37. The molecular formula is C10H13NO. The summed E-state index contributed by atoms with van der Waals surface area (Å²) in [5, 5.41) is 3.20. The minimum Gasteiger partial charge on any atom is -0.468 e. The highest BCUT2D eigenvalue weighted by molar-refractivity contribution is 5.06. The highest BCUT2D eigenvalue weighted by atomic mass is 16.3. The predicted molar refractivity (Wildman–Crippen MR) is 48.6 cm³/mol. The van der Waals surface area contributed by atoms with Gasteiger partial charge < -0.3 is 4.42 Å².